The molecule has 1 N–H and O–H groups in total. The van der Waals surface area contributed by atoms with Gasteiger partial charge < -0.3 is 5.32 Å². The minimum atomic E-state index is -0.137. The molecule has 1 amide bonds. The number of carbonyl (C=O) groups excluding carboxylic acids is 1. The van der Waals surface area contributed by atoms with E-state index in [1.165, 1.54) is 11.3 Å². The zero-order chi connectivity index (χ0) is 18.2. The second-order valence-electron chi connectivity index (χ2n) is 6.03. The Morgan fingerprint density at radius 1 is 1.00 bits per heavy atom. The van der Waals surface area contributed by atoms with Crippen molar-refractivity contribution in [3.63, 3.8) is 0 Å². The minimum Gasteiger partial charge on any atom is -0.322 e. The molecule has 130 valence electrons. The maximum Gasteiger partial charge on any atom is 0.256 e. The van der Waals surface area contributed by atoms with Crippen LogP contribution in [0, 0.1) is 0 Å². The Morgan fingerprint density at radius 2 is 1.85 bits per heavy atom. The van der Waals surface area contributed by atoms with Crippen LogP contribution in [0.1, 0.15) is 10.4 Å². The summed E-state index contributed by atoms with van der Waals surface area (Å²) < 4.78 is 1.64. The summed E-state index contributed by atoms with van der Waals surface area (Å²) in [5, 5.41) is 18.1. The van der Waals surface area contributed by atoms with E-state index in [1.807, 2.05) is 66.7 Å². The normalized spacial score (nSPS) is 11.1. The summed E-state index contributed by atoms with van der Waals surface area (Å²) in [5.74, 6) is -0.137. The molecule has 0 radical (unpaired) electrons. The Bertz CT molecular complexity index is 1260. The fraction of sp³-hybridized carbons (Fsp3) is 0. The van der Waals surface area contributed by atoms with Crippen LogP contribution in [0.5, 0.6) is 0 Å². The summed E-state index contributed by atoms with van der Waals surface area (Å²) in [4.78, 5) is 13.6. The van der Waals surface area contributed by atoms with E-state index >= 15 is 0 Å². The third-order valence-corrected chi connectivity index (χ3v) is 5.25. The van der Waals surface area contributed by atoms with Crippen molar-refractivity contribution in [3.05, 3.63) is 78.6 Å². The van der Waals surface area contributed by atoms with Crippen LogP contribution in [-0.2, 0) is 0 Å². The number of amides is 1. The zero-order valence-electron chi connectivity index (χ0n) is 14.0. The van der Waals surface area contributed by atoms with E-state index in [0.29, 0.717) is 5.56 Å². The highest BCUT2D eigenvalue weighted by Crippen LogP contribution is 2.27. The molecule has 0 unspecified atom stereocenters. The van der Waals surface area contributed by atoms with Gasteiger partial charge in [0.05, 0.1) is 0 Å². The topological polar surface area (TPSA) is 72.2 Å². The van der Waals surface area contributed by atoms with Crippen molar-refractivity contribution < 1.29 is 4.79 Å². The van der Waals surface area contributed by atoms with Gasteiger partial charge in [0.2, 0.25) is 4.96 Å². The van der Waals surface area contributed by atoms with Gasteiger partial charge in [0.1, 0.15) is 11.3 Å². The standard InChI is InChI=1S/C20H13N5OS/c26-18(17-10-4-6-13-5-1-2-9-16(13)17)22-15-8-3-7-14(11-15)19-24-25-12-21-23-20(25)27-19/h1-12H,(H,22,26). The number of nitrogens with zero attached hydrogens (tertiary/aromatic N) is 4. The third kappa shape index (κ3) is 2.84. The van der Waals surface area contributed by atoms with Gasteiger partial charge in [0.15, 0.2) is 0 Å². The fourth-order valence-corrected chi connectivity index (χ4v) is 3.84. The van der Waals surface area contributed by atoms with E-state index in [-0.39, 0.29) is 5.91 Å². The maximum atomic E-state index is 12.8. The van der Waals surface area contributed by atoms with E-state index < -0.39 is 0 Å². The van der Waals surface area contributed by atoms with Gasteiger partial charge in [-0.1, -0.05) is 59.9 Å². The second-order valence-corrected chi connectivity index (χ2v) is 6.98. The number of hydrogen-bond donors (Lipinski definition) is 1. The quantitative estimate of drug-likeness (QED) is 0.514. The van der Waals surface area contributed by atoms with Crippen LogP contribution < -0.4 is 5.32 Å². The van der Waals surface area contributed by atoms with E-state index in [4.69, 9.17) is 0 Å². The molecule has 6 nitrogen and oxygen atoms in total. The first-order valence-electron chi connectivity index (χ1n) is 8.34. The van der Waals surface area contributed by atoms with Gasteiger partial charge in [0, 0.05) is 16.8 Å². The SMILES string of the molecule is O=C(Nc1cccc(-c2nn3cnnc3s2)c1)c1cccc2ccccc12. The average molecular weight is 371 g/mol. The maximum absolute atomic E-state index is 12.8. The van der Waals surface area contributed by atoms with Crippen molar-refractivity contribution in [1.82, 2.24) is 19.8 Å². The Labute approximate surface area is 158 Å². The number of hydrogen-bond acceptors (Lipinski definition) is 5. The van der Waals surface area contributed by atoms with E-state index in [2.05, 4.69) is 20.6 Å². The van der Waals surface area contributed by atoms with Gasteiger partial charge in [-0.2, -0.15) is 9.61 Å². The van der Waals surface area contributed by atoms with Crippen LogP contribution >= 0.6 is 11.3 Å². The Morgan fingerprint density at radius 3 is 2.78 bits per heavy atom. The number of fused-ring (bicyclic) bond motifs is 2. The Kier molecular flexibility index (Phi) is 3.65. The van der Waals surface area contributed by atoms with E-state index in [9.17, 15) is 4.79 Å². The monoisotopic (exact) mass is 371 g/mol. The molecule has 0 aliphatic carbocycles. The summed E-state index contributed by atoms with van der Waals surface area (Å²) in [6.45, 7) is 0. The van der Waals surface area contributed by atoms with Gasteiger partial charge in [-0.3, -0.25) is 4.79 Å². The molecular formula is C20H13N5OS. The van der Waals surface area contributed by atoms with E-state index in [0.717, 1.165) is 32.0 Å². The lowest BCUT2D eigenvalue weighted by Gasteiger charge is -2.09. The van der Waals surface area contributed by atoms with Crippen molar-refractivity contribution in [2.24, 2.45) is 0 Å². The molecule has 0 saturated carbocycles. The Hall–Kier alpha value is -3.58. The first-order valence-corrected chi connectivity index (χ1v) is 9.16. The molecule has 0 spiro atoms. The van der Waals surface area contributed by atoms with Crippen molar-refractivity contribution >= 4 is 38.7 Å². The van der Waals surface area contributed by atoms with Crippen LogP contribution in [0.25, 0.3) is 26.3 Å². The number of aromatic nitrogens is 4. The van der Waals surface area contributed by atoms with Gasteiger partial charge in [-0.15, -0.1) is 10.2 Å². The summed E-state index contributed by atoms with van der Waals surface area (Å²) in [7, 11) is 0. The third-order valence-electron chi connectivity index (χ3n) is 4.29. The molecular weight excluding hydrogens is 358 g/mol. The molecule has 0 aliphatic rings. The van der Waals surface area contributed by atoms with Crippen molar-refractivity contribution in [3.8, 4) is 10.6 Å². The lowest BCUT2D eigenvalue weighted by Crippen LogP contribution is -2.12. The molecule has 0 saturated heterocycles. The highest BCUT2D eigenvalue weighted by atomic mass is 32.1. The summed E-state index contributed by atoms with van der Waals surface area (Å²) >= 11 is 1.45. The molecule has 2 heterocycles. The molecule has 0 atom stereocenters. The first kappa shape index (κ1) is 15.7. The molecule has 5 rings (SSSR count). The van der Waals surface area contributed by atoms with E-state index in [1.54, 1.807) is 10.8 Å². The van der Waals surface area contributed by atoms with Crippen LogP contribution in [0.2, 0.25) is 0 Å². The van der Waals surface area contributed by atoms with Crippen molar-refractivity contribution in [2.75, 3.05) is 5.32 Å². The number of nitrogens with one attached hydrogen (secondary N) is 1. The minimum absolute atomic E-state index is 0.137. The van der Waals surface area contributed by atoms with Gasteiger partial charge >= 0.3 is 0 Å². The highest BCUT2D eigenvalue weighted by molar-refractivity contribution is 7.19. The molecule has 0 fully saturated rings. The zero-order valence-corrected chi connectivity index (χ0v) is 14.9. The average Bonchev–Trinajstić information content (AvgIpc) is 3.30. The Balaban J connectivity index is 1.47. The van der Waals surface area contributed by atoms with Crippen LogP contribution in [-0.4, -0.2) is 25.7 Å². The number of benzene rings is 3. The predicted molar refractivity (Wildman–Crippen MR) is 106 cm³/mol. The smallest absolute Gasteiger partial charge is 0.256 e. The van der Waals surface area contributed by atoms with Crippen LogP contribution in [0.3, 0.4) is 0 Å². The molecule has 3 aromatic carbocycles. The van der Waals surface area contributed by atoms with Gasteiger partial charge in [-0.25, -0.2) is 0 Å². The summed E-state index contributed by atoms with van der Waals surface area (Å²) in [6.07, 6.45) is 1.57. The molecule has 27 heavy (non-hydrogen) atoms. The van der Waals surface area contributed by atoms with Crippen LogP contribution in [0.4, 0.5) is 5.69 Å². The molecule has 7 heteroatoms. The first-order chi connectivity index (χ1) is 13.3. The fourth-order valence-electron chi connectivity index (χ4n) is 3.03. The lowest BCUT2D eigenvalue weighted by atomic mass is 10.0. The molecule has 5 aromatic rings. The second kappa shape index (κ2) is 6.30. The van der Waals surface area contributed by atoms with Crippen LogP contribution in [0.15, 0.2) is 73.1 Å². The van der Waals surface area contributed by atoms with Crippen molar-refractivity contribution in [2.45, 2.75) is 0 Å². The molecule has 0 bridgehead atoms. The highest BCUT2D eigenvalue weighted by Gasteiger charge is 2.12. The number of anilines is 1. The molecule has 0 aliphatic heterocycles. The predicted octanol–water partition coefficient (Wildman–Crippen LogP) is 4.26. The number of rotatable bonds is 3. The summed E-state index contributed by atoms with van der Waals surface area (Å²) in [6, 6.07) is 21.2. The largest absolute Gasteiger partial charge is 0.322 e. The number of carbonyl (C=O) groups is 1. The molecule has 2 aromatic heterocycles. The summed E-state index contributed by atoms with van der Waals surface area (Å²) in [5.41, 5.74) is 2.29. The van der Waals surface area contributed by atoms with Crippen molar-refractivity contribution in [1.29, 1.82) is 0 Å². The van der Waals surface area contributed by atoms with Gasteiger partial charge in [-0.05, 0) is 29.0 Å². The van der Waals surface area contributed by atoms with Gasteiger partial charge in [0.25, 0.3) is 5.91 Å². The lowest BCUT2D eigenvalue weighted by molar-refractivity contribution is 0.102.